The third kappa shape index (κ3) is 8.74. The standard InChI is InChI=1S/C36H44N2O4S2/c1-27(2)30(25-37-26-43)21-20-28-13-12-14-29(36(28)42-31-15-6-5-7-16-31)22-23-35-33(18-10-11-24-44(39,40)41)32-17-8-9-19-34(32)38(35,3)4/h5-9,15-17,19-23,27,30,33H,10-14,18,24-25H2,1-4H3/p+1. The molecule has 2 aromatic carbocycles. The van der Waals surface area contributed by atoms with Crippen molar-refractivity contribution in [2.24, 2.45) is 16.8 Å². The summed E-state index contributed by atoms with van der Waals surface area (Å²) in [5, 5.41) is 2.51. The highest BCUT2D eigenvalue weighted by molar-refractivity contribution is 7.85. The summed E-state index contributed by atoms with van der Waals surface area (Å²) in [4.78, 5) is 4.21. The van der Waals surface area contributed by atoms with Crippen LogP contribution in [0.4, 0.5) is 5.69 Å². The number of quaternary nitrogens is 1. The molecule has 1 N–H and O–H groups in total. The fourth-order valence-corrected chi connectivity index (χ4v) is 6.88. The molecule has 8 heteroatoms. The van der Waals surface area contributed by atoms with Crippen LogP contribution in [0.1, 0.15) is 63.9 Å². The van der Waals surface area contributed by atoms with Crippen LogP contribution < -0.4 is 9.22 Å². The minimum absolute atomic E-state index is 0.151. The van der Waals surface area contributed by atoms with Gasteiger partial charge < -0.3 is 4.74 Å². The largest absolute Gasteiger partial charge is 0.457 e. The monoisotopic (exact) mass is 633 g/mol. The van der Waals surface area contributed by atoms with Crippen LogP contribution >= 0.6 is 12.2 Å². The molecular formula is C36H45N2O4S2+. The molecule has 0 radical (unpaired) electrons. The van der Waals surface area contributed by atoms with Crippen molar-refractivity contribution in [2.75, 3.05) is 26.4 Å². The maximum absolute atomic E-state index is 11.3. The van der Waals surface area contributed by atoms with E-state index in [0.717, 1.165) is 42.8 Å². The number of unbranched alkanes of at least 4 members (excludes halogenated alkanes) is 1. The summed E-state index contributed by atoms with van der Waals surface area (Å²) in [6, 6.07) is 18.4. The van der Waals surface area contributed by atoms with Gasteiger partial charge in [0.25, 0.3) is 10.1 Å². The van der Waals surface area contributed by atoms with Crippen LogP contribution in [0.25, 0.3) is 0 Å². The molecule has 0 amide bonds. The topological polar surface area (TPSA) is 76.0 Å². The predicted octanol–water partition coefficient (Wildman–Crippen LogP) is 8.67. The second-order valence-corrected chi connectivity index (χ2v) is 14.2. The highest BCUT2D eigenvalue weighted by Crippen LogP contribution is 2.49. The number of isothiocyanates is 1. The molecule has 0 aromatic heterocycles. The van der Waals surface area contributed by atoms with Gasteiger partial charge in [0.15, 0.2) is 0 Å². The number of thiocarbonyl (C=S) groups is 1. The molecule has 1 heterocycles. The van der Waals surface area contributed by atoms with Crippen molar-refractivity contribution >= 4 is 33.2 Å². The number of nitrogens with zero attached hydrogens (tertiary/aromatic N) is 2. The summed E-state index contributed by atoms with van der Waals surface area (Å²) in [6.07, 6.45) is 13.7. The van der Waals surface area contributed by atoms with Gasteiger partial charge in [0.2, 0.25) is 0 Å². The molecule has 2 aliphatic rings. The van der Waals surface area contributed by atoms with Crippen molar-refractivity contribution in [3.8, 4) is 5.75 Å². The van der Waals surface area contributed by atoms with Crippen LogP contribution in [0.3, 0.4) is 0 Å². The van der Waals surface area contributed by atoms with E-state index >= 15 is 0 Å². The van der Waals surface area contributed by atoms with Crippen LogP contribution in [0.5, 0.6) is 5.75 Å². The lowest BCUT2D eigenvalue weighted by atomic mass is 9.89. The lowest BCUT2D eigenvalue weighted by Gasteiger charge is -2.27. The molecule has 0 spiro atoms. The maximum Gasteiger partial charge on any atom is 0.264 e. The lowest BCUT2D eigenvalue weighted by molar-refractivity contribution is 0.415. The van der Waals surface area contributed by atoms with E-state index in [1.807, 2.05) is 30.3 Å². The molecule has 2 aromatic rings. The Hall–Kier alpha value is -3.13. The van der Waals surface area contributed by atoms with Crippen molar-refractivity contribution in [3.63, 3.8) is 0 Å². The van der Waals surface area contributed by atoms with Gasteiger partial charge in [-0.2, -0.15) is 8.42 Å². The average molecular weight is 634 g/mol. The molecule has 1 aliphatic heterocycles. The zero-order valence-corrected chi connectivity index (χ0v) is 27.9. The smallest absolute Gasteiger partial charge is 0.264 e. The van der Waals surface area contributed by atoms with Crippen LogP contribution in [0, 0.1) is 11.8 Å². The van der Waals surface area contributed by atoms with Crippen molar-refractivity contribution in [1.29, 1.82) is 0 Å². The molecule has 0 fully saturated rings. The van der Waals surface area contributed by atoms with Gasteiger partial charge >= 0.3 is 0 Å². The molecule has 0 saturated carbocycles. The molecule has 4 rings (SSSR count). The molecule has 2 atom stereocenters. The number of benzene rings is 2. The minimum Gasteiger partial charge on any atom is -0.457 e. The second kappa shape index (κ2) is 15.2. The summed E-state index contributed by atoms with van der Waals surface area (Å²) in [5.41, 5.74) is 6.11. The SMILES string of the molecule is CC(C)C(C=CC1=C(Oc2ccccc2)C(=CC=C2C(CCCCS(=O)(=O)O)c3ccccc3[N+]2(C)C)CCC1)CN=C=S. The first kappa shape index (κ1) is 33.8. The van der Waals surface area contributed by atoms with Crippen LogP contribution in [0.15, 0.2) is 106 Å². The highest BCUT2D eigenvalue weighted by atomic mass is 32.2. The number of para-hydroxylation sites is 2. The van der Waals surface area contributed by atoms with Crippen molar-refractivity contribution < 1.29 is 17.7 Å². The van der Waals surface area contributed by atoms with Gasteiger partial charge in [0.05, 0.1) is 37.5 Å². The number of allylic oxidation sites excluding steroid dienone is 6. The van der Waals surface area contributed by atoms with E-state index in [1.54, 1.807) is 0 Å². The van der Waals surface area contributed by atoms with Crippen LogP contribution in [0.2, 0.25) is 0 Å². The van der Waals surface area contributed by atoms with Crippen molar-refractivity contribution in [3.05, 3.63) is 107 Å². The fraction of sp³-hybridized carbons (Fsp3) is 0.417. The first-order valence-electron chi connectivity index (χ1n) is 15.5. The van der Waals surface area contributed by atoms with E-state index in [2.05, 4.69) is 86.7 Å². The lowest BCUT2D eigenvalue weighted by Crippen LogP contribution is -2.36. The molecule has 44 heavy (non-hydrogen) atoms. The summed E-state index contributed by atoms with van der Waals surface area (Å²) in [7, 11) is 0.457. The number of rotatable bonds is 13. The molecule has 6 nitrogen and oxygen atoms in total. The number of fused-ring (bicyclic) bond motifs is 1. The van der Waals surface area contributed by atoms with Gasteiger partial charge in [0.1, 0.15) is 22.9 Å². The van der Waals surface area contributed by atoms with Gasteiger partial charge in [-0.3, -0.25) is 9.04 Å². The van der Waals surface area contributed by atoms with E-state index in [9.17, 15) is 13.0 Å². The first-order valence-corrected chi connectivity index (χ1v) is 17.5. The van der Waals surface area contributed by atoms with Gasteiger partial charge in [-0.15, -0.1) is 0 Å². The fourth-order valence-electron chi connectivity index (χ4n) is 6.24. The number of aliphatic imine (C=N–C) groups is 1. The number of likely N-dealkylation sites (N-methyl/N-ethyl adjacent to an activating group) is 1. The molecular weight excluding hydrogens is 589 g/mol. The van der Waals surface area contributed by atoms with E-state index < -0.39 is 10.1 Å². The number of hydrogen-bond donors (Lipinski definition) is 1. The quantitative estimate of drug-likeness (QED) is 0.0786. The van der Waals surface area contributed by atoms with Gasteiger partial charge in [0, 0.05) is 5.56 Å². The molecule has 234 valence electrons. The Labute approximate surface area is 268 Å². The summed E-state index contributed by atoms with van der Waals surface area (Å²) in [6.45, 7) is 5.01. The second-order valence-electron chi connectivity index (χ2n) is 12.5. The number of ether oxygens (including phenoxy) is 1. The normalized spacial score (nSPS) is 20.7. The van der Waals surface area contributed by atoms with Gasteiger partial charge in [-0.25, -0.2) is 4.99 Å². The van der Waals surface area contributed by atoms with Gasteiger partial charge in [-0.05, 0) is 97.7 Å². The van der Waals surface area contributed by atoms with Crippen LogP contribution in [-0.4, -0.2) is 44.5 Å². The Morgan fingerprint density at radius 3 is 2.50 bits per heavy atom. The summed E-state index contributed by atoms with van der Waals surface area (Å²) < 4.78 is 39.1. The molecule has 2 unspecified atom stereocenters. The Morgan fingerprint density at radius 2 is 1.80 bits per heavy atom. The third-order valence-corrected chi connectivity index (χ3v) is 9.66. The summed E-state index contributed by atoms with van der Waals surface area (Å²) >= 11 is 4.82. The Balaban J connectivity index is 1.73. The maximum atomic E-state index is 11.3. The average Bonchev–Trinajstić information content (AvgIpc) is 3.20. The van der Waals surface area contributed by atoms with E-state index in [0.29, 0.717) is 29.8 Å². The molecule has 0 saturated heterocycles. The summed E-state index contributed by atoms with van der Waals surface area (Å²) in [5.74, 6) is 2.32. The Bertz CT molecular complexity index is 1580. The van der Waals surface area contributed by atoms with E-state index in [4.69, 9.17) is 17.0 Å². The Morgan fingerprint density at radius 1 is 1.07 bits per heavy atom. The van der Waals surface area contributed by atoms with E-state index in [-0.39, 0.29) is 17.6 Å². The Kier molecular flexibility index (Phi) is 11.7. The van der Waals surface area contributed by atoms with E-state index in [1.165, 1.54) is 22.5 Å². The zero-order chi connectivity index (χ0) is 31.7. The highest BCUT2D eigenvalue weighted by Gasteiger charge is 2.43. The third-order valence-electron chi connectivity index (χ3n) is 8.72. The van der Waals surface area contributed by atoms with Crippen LogP contribution in [-0.2, 0) is 10.1 Å². The zero-order valence-electron chi connectivity index (χ0n) is 26.3. The van der Waals surface area contributed by atoms with Crippen molar-refractivity contribution in [1.82, 2.24) is 4.48 Å². The van der Waals surface area contributed by atoms with Crippen molar-refractivity contribution in [2.45, 2.75) is 58.3 Å². The predicted molar refractivity (Wildman–Crippen MR) is 185 cm³/mol. The van der Waals surface area contributed by atoms with Gasteiger partial charge in [-0.1, -0.05) is 68.8 Å². The minimum atomic E-state index is -3.96. The molecule has 1 aliphatic carbocycles. The number of hydrogen-bond acceptors (Lipinski definition) is 5. The first-order chi connectivity index (χ1) is 21.0. The molecule has 0 bridgehead atoms.